The minimum Gasteiger partial charge on any atom is -0.382 e. The average Bonchev–Trinajstić information content (AvgIpc) is 2.74. The lowest BCUT2D eigenvalue weighted by Gasteiger charge is -2.06. The fourth-order valence-electron chi connectivity index (χ4n) is 1.75. The van der Waals surface area contributed by atoms with Crippen LogP contribution in [0.15, 0.2) is 30.3 Å². The molecule has 0 radical (unpaired) electrons. The molecular weight excluding hydrogens is 283 g/mol. The Morgan fingerprint density at radius 3 is 2.52 bits per heavy atom. The predicted octanol–water partition coefficient (Wildman–Crippen LogP) is 2.69. The third-order valence-corrected chi connectivity index (χ3v) is 2.73. The van der Waals surface area contributed by atoms with E-state index in [0.717, 1.165) is 0 Å². The van der Waals surface area contributed by atoms with E-state index in [1.165, 1.54) is 4.68 Å². The highest BCUT2D eigenvalue weighted by molar-refractivity contribution is 5.66. The summed E-state index contributed by atoms with van der Waals surface area (Å²) in [6, 6.07) is 10.6. The smallest absolute Gasteiger partial charge is 0.382 e. The van der Waals surface area contributed by atoms with Gasteiger partial charge in [-0.2, -0.15) is 18.4 Å². The molecule has 0 amide bonds. The van der Waals surface area contributed by atoms with Gasteiger partial charge in [0.25, 0.3) is 0 Å². The number of benzene rings is 1. The molecule has 0 saturated carbocycles. The van der Waals surface area contributed by atoms with Gasteiger partial charge in [-0.15, -0.1) is 5.10 Å². The van der Waals surface area contributed by atoms with Crippen LogP contribution in [0, 0.1) is 11.3 Å². The van der Waals surface area contributed by atoms with Crippen molar-refractivity contribution in [2.24, 2.45) is 0 Å². The van der Waals surface area contributed by atoms with Crippen LogP contribution in [0.5, 0.6) is 0 Å². The van der Waals surface area contributed by atoms with Crippen molar-refractivity contribution in [3.05, 3.63) is 35.9 Å². The quantitative estimate of drug-likeness (QED) is 0.909. The van der Waals surface area contributed by atoms with Crippen molar-refractivity contribution in [3.8, 4) is 11.8 Å². The minimum absolute atomic E-state index is 0.0287. The fraction of sp³-hybridized carbons (Fsp3) is 0.231. The van der Waals surface area contributed by atoms with Crippen LogP contribution >= 0.6 is 0 Å². The Morgan fingerprint density at radius 1 is 1.29 bits per heavy atom. The molecule has 3 N–H and O–H groups in total. The summed E-state index contributed by atoms with van der Waals surface area (Å²) < 4.78 is 37.7. The van der Waals surface area contributed by atoms with Gasteiger partial charge in [-0.3, -0.25) is 0 Å². The summed E-state index contributed by atoms with van der Waals surface area (Å²) in [5.41, 5.74) is 6.47. The summed E-state index contributed by atoms with van der Waals surface area (Å²) >= 11 is 0. The van der Waals surface area contributed by atoms with E-state index in [0.29, 0.717) is 5.69 Å². The van der Waals surface area contributed by atoms with Crippen LogP contribution in [-0.2, 0) is 0 Å². The number of nitriles is 1. The van der Waals surface area contributed by atoms with E-state index in [4.69, 9.17) is 11.0 Å². The first-order valence-electron chi connectivity index (χ1n) is 6.07. The lowest BCUT2D eigenvalue weighted by molar-refractivity contribution is -0.131. The highest BCUT2D eigenvalue weighted by Crippen LogP contribution is 2.25. The Balaban J connectivity index is 2.25. The van der Waals surface area contributed by atoms with Crippen LogP contribution in [0.25, 0.3) is 5.69 Å². The topological polar surface area (TPSA) is 79.7 Å². The molecule has 0 saturated heterocycles. The number of halogens is 3. The van der Waals surface area contributed by atoms with Crippen LogP contribution in [0.3, 0.4) is 0 Å². The van der Waals surface area contributed by atoms with Crippen LogP contribution in [0.2, 0.25) is 0 Å². The zero-order valence-corrected chi connectivity index (χ0v) is 10.9. The van der Waals surface area contributed by atoms with Gasteiger partial charge in [0.15, 0.2) is 5.82 Å². The molecule has 0 aliphatic heterocycles. The molecule has 0 fully saturated rings. The number of anilines is 2. The second kappa shape index (κ2) is 5.75. The van der Waals surface area contributed by atoms with Gasteiger partial charge < -0.3 is 11.1 Å². The Hall–Kier alpha value is -2.69. The SMILES string of the molecule is N#Cc1c(NCCC(F)(F)F)nn(-c2ccccc2)c1N. The first-order chi connectivity index (χ1) is 9.92. The van der Waals surface area contributed by atoms with Crippen molar-refractivity contribution >= 4 is 11.6 Å². The zero-order chi connectivity index (χ0) is 15.5. The van der Waals surface area contributed by atoms with Gasteiger partial charge in [0.05, 0.1) is 12.1 Å². The lowest BCUT2D eigenvalue weighted by atomic mass is 10.3. The van der Waals surface area contributed by atoms with Crippen molar-refractivity contribution in [1.82, 2.24) is 9.78 Å². The molecular formula is C13H12F3N5. The van der Waals surface area contributed by atoms with Gasteiger partial charge in [-0.25, -0.2) is 4.68 Å². The summed E-state index contributed by atoms with van der Waals surface area (Å²) in [5.74, 6) is 0.126. The van der Waals surface area contributed by atoms with Crippen molar-refractivity contribution in [1.29, 1.82) is 5.26 Å². The van der Waals surface area contributed by atoms with Gasteiger partial charge >= 0.3 is 6.18 Å². The van der Waals surface area contributed by atoms with Gasteiger partial charge in [0.1, 0.15) is 17.5 Å². The summed E-state index contributed by atoms with van der Waals surface area (Å²) in [4.78, 5) is 0. The van der Waals surface area contributed by atoms with Gasteiger partial charge in [0.2, 0.25) is 0 Å². The Kier molecular flexibility index (Phi) is 4.03. The Labute approximate surface area is 118 Å². The molecule has 5 nitrogen and oxygen atoms in total. The Bertz CT molecular complexity index is 655. The van der Waals surface area contributed by atoms with E-state index in [1.54, 1.807) is 30.3 Å². The maximum atomic E-state index is 12.1. The van der Waals surface area contributed by atoms with E-state index in [9.17, 15) is 13.2 Å². The third kappa shape index (κ3) is 3.45. The van der Waals surface area contributed by atoms with Crippen LogP contribution in [-0.4, -0.2) is 22.5 Å². The second-order valence-corrected chi connectivity index (χ2v) is 4.26. The summed E-state index contributed by atoms with van der Waals surface area (Å²) in [6.07, 6.45) is -5.29. The van der Waals surface area contributed by atoms with Gasteiger partial charge in [0, 0.05) is 6.54 Å². The summed E-state index contributed by atoms with van der Waals surface area (Å²) in [6.45, 7) is -0.372. The number of hydrogen-bond donors (Lipinski definition) is 2. The first kappa shape index (κ1) is 14.7. The number of hydrogen-bond acceptors (Lipinski definition) is 4. The van der Waals surface area contributed by atoms with E-state index in [1.807, 2.05) is 6.07 Å². The van der Waals surface area contributed by atoms with Gasteiger partial charge in [-0.1, -0.05) is 18.2 Å². The molecule has 1 heterocycles. The zero-order valence-electron chi connectivity index (χ0n) is 10.9. The van der Waals surface area contributed by atoms with E-state index < -0.39 is 12.6 Å². The van der Waals surface area contributed by atoms with Crippen LogP contribution < -0.4 is 11.1 Å². The van der Waals surface area contributed by atoms with Crippen molar-refractivity contribution in [2.75, 3.05) is 17.6 Å². The molecule has 0 spiro atoms. The normalized spacial score (nSPS) is 11.1. The Morgan fingerprint density at radius 2 is 1.95 bits per heavy atom. The molecule has 2 rings (SSSR count). The molecule has 0 unspecified atom stereocenters. The lowest BCUT2D eigenvalue weighted by Crippen LogP contribution is -2.15. The molecule has 8 heteroatoms. The monoisotopic (exact) mass is 295 g/mol. The largest absolute Gasteiger partial charge is 0.390 e. The molecule has 0 bridgehead atoms. The average molecular weight is 295 g/mol. The molecule has 1 aromatic heterocycles. The van der Waals surface area contributed by atoms with E-state index >= 15 is 0 Å². The van der Waals surface area contributed by atoms with E-state index in [2.05, 4.69) is 10.4 Å². The highest BCUT2D eigenvalue weighted by atomic mass is 19.4. The van der Waals surface area contributed by atoms with Crippen molar-refractivity contribution in [2.45, 2.75) is 12.6 Å². The van der Waals surface area contributed by atoms with Crippen LogP contribution in [0.4, 0.5) is 24.8 Å². The number of nitrogens with zero attached hydrogens (tertiary/aromatic N) is 3. The number of aromatic nitrogens is 2. The standard InChI is InChI=1S/C13H12F3N5/c14-13(15,16)6-7-19-12-10(8-17)11(18)21(20-12)9-4-2-1-3-5-9/h1-5H,6-7,18H2,(H,19,20). The molecule has 0 aliphatic carbocycles. The molecule has 2 aromatic rings. The number of nitrogens with two attached hydrogens (primary N) is 1. The second-order valence-electron chi connectivity index (χ2n) is 4.26. The maximum Gasteiger partial charge on any atom is 0.390 e. The first-order valence-corrected chi connectivity index (χ1v) is 6.07. The molecule has 1 aromatic carbocycles. The number of para-hydroxylation sites is 1. The molecule has 0 atom stereocenters. The van der Waals surface area contributed by atoms with Gasteiger partial charge in [-0.05, 0) is 12.1 Å². The molecule has 21 heavy (non-hydrogen) atoms. The van der Waals surface area contributed by atoms with Crippen LogP contribution in [0.1, 0.15) is 12.0 Å². The number of nitrogens with one attached hydrogen (secondary N) is 1. The number of rotatable bonds is 4. The van der Waals surface area contributed by atoms with E-state index in [-0.39, 0.29) is 23.7 Å². The fourth-order valence-corrected chi connectivity index (χ4v) is 1.75. The van der Waals surface area contributed by atoms with Crippen molar-refractivity contribution in [3.63, 3.8) is 0 Å². The summed E-state index contributed by atoms with van der Waals surface area (Å²) in [5, 5.41) is 15.6. The third-order valence-electron chi connectivity index (χ3n) is 2.73. The highest BCUT2D eigenvalue weighted by Gasteiger charge is 2.27. The maximum absolute atomic E-state index is 12.1. The molecule has 110 valence electrons. The number of nitrogen functional groups attached to an aromatic ring is 1. The summed E-state index contributed by atoms with van der Waals surface area (Å²) in [7, 11) is 0. The molecule has 0 aliphatic rings. The minimum atomic E-state index is -4.27. The van der Waals surface area contributed by atoms with Crippen molar-refractivity contribution < 1.29 is 13.2 Å². The predicted molar refractivity (Wildman–Crippen MR) is 71.9 cm³/mol. The number of alkyl halides is 3.